The molecule has 0 radical (unpaired) electrons. The van der Waals surface area contributed by atoms with Gasteiger partial charge in [0.15, 0.2) is 5.43 Å². The van der Waals surface area contributed by atoms with Crippen molar-refractivity contribution in [3.63, 3.8) is 0 Å². The Morgan fingerprint density at radius 1 is 1.03 bits per heavy atom. The molecular formula is C26H26N2O5. The van der Waals surface area contributed by atoms with Crippen LogP contribution in [0.4, 0.5) is 0 Å². The number of nitrogens with zero attached hydrogens (tertiary/aromatic N) is 2. The van der Waals surface area contributed by atoms with Gasteiger partial charge < -0.3 is 18.8 Å². The molecule has 1 fully saturated rings. The molecule has 0 saturated carbocycles. The van der Waals surface area contributed by atoms with E-state index in [1.807, 2.05) is 24.3 Å². The third-order valence-electron chi connectivity index (χ3n) is 6.20. The Hall–Kier alpha value is -3.42. The van der Waals surface area contributed by atoms with Gasteiger partial charge in [-0.2, -0.15) is 0 Å². The van der Waals surface area contributed by atoms with Crippen molar-refractivity contribution in [2.24, 2.45) is 0 Å². The molecule has 7 heteroatoms. The summed E-state index contributed by atoms with van der Waals surface area (Å²) in [6, 6.07) is 14.1. The van der Waals surface area contributed by atoms with Crippen LogP contribution < -0.4 is 10.2 Å². The van der Waals surface area contributed by atoms with Gasteiger partial charge >= 0.3 is 0 Å². The Bertz CT molecular complexity index is 1230. The smallest absolute Gasteiger partial charge is 0.290 e. The molecular weight excluding hydrogens is 420 g/mol. The molecule has 2 aliphatic heterocycles. The fourth-order valence-electron chi connectivity index (χ4n) is 4.52. The highest BCUT2D eigenvalue weighted by molar-refractivity contribution is 5.99. The normalized spacial score (nSPS) is 18.5. The first-order valence-electron chi connectivity index (χ1n) is 11.2. The minimum atomic E-state index is -0.511. The van der Waals surface area contributed by atoms with Crippen LogP contribution in [-0.4, -0.2) is 61.7 Å². The zero-order chi connectivity index (χ0) is 22.8. The Balaban J connectivity index is 1.54. The van der Waals surface area contributed by atoms with Crippen LogP contribution in [0, 0.1) is 0 Å². The molecule has 33 heavy (non-hydrogen) atoms. The molecule has 1 atom stereocenters. The van der Waals surface area contributed by atoms with Crippen molar-refractivity contribution in [2.75, 3.05) is 46.0 Å². The minimum absolute atomic E-state index is 0.137. The van der Waals surface area contributed by atoms with E-state index >= 15 is 0 Å². The van der Waals surface area contributed by atoms with Gasteiger partial charge in [0.05, 0.1) is 30.2 Å². The molecule has 0 unspecified atom stereocenters. The number of rotatable bonds is 7. The van der Waals surface area contributed by atoms with Crippen molar-refractivity contribution in [2.45, 2.75) is 6.04 Å². The standard InChI is InChI=1S/C26H26N2O5/c1-2-15-32-19-9-7-18(8-10-19)23-22-24(29)20-5-3-4-6-21(20)33-25(22)26(30)28(23)12-11-27-13-16-31-17-14-27/h2-10,23H,1,11-17H2/t23-/m1/s1. The molecule has 2 aromatic carbocycles. The van der Waals surface area contributed by atoms with E-state index in [4.69, 9.17) is 13.9 Å². The fraction of sp³-hybridized carbons (Fsp3) is 0.308. The highest BCUT2D eigenvalue weighted by Crippen LogP contribution is 2.38. The van der Waals surface area contributed by atoms with Gasteiger partial charge in [-0.15, -0.1) is 0 Å². The summed E-state index contributed by atoms with van der Waals surface area (Å²) in [5, 5.41) is 0.481. The van der Waals surface area contributed by atoms with Crippen LogP contribution in [0.1, 0.15) is 27.7 Å². The third kappa shape index (κ3) is 4.05. The first-order chi connectivity index (χ1) is 16.2. The van der Waals surface area contributed by atoms with Gasteiger partial charge in [0.1, 0.15) is 17.9 Å². The molecule has 170 valence electrons. The van der Waals surface area contributed by atoms with Crippen molar-refractivity contribution in [1.82, 2.24) is 9.80 Å². The zero-order valence-corrected chi connectivity index (χ0v) is 18.4. The Morgan fingerprint density at radius 2 is 1.79 bits per heavy atom. The van der Waals surface area contributed by atoms with Gasteiger partial charge in [0, 0.05) is 26.2 Å². The van der Waals surface area contributed by atoms with E-state index in [-0.39, 0.29) is 17.1 Å². The minimum Gasteiger partial charge on any atom is -0.490 e. The van der Waals surface area contributed by atoms with Gasteiger partial charge in [-0.3, -0.25) is 14.5 Å². The maximum Gasteiger partial charge on any atom is 0.290 e. The van der Waals surface area contributed by atoms with Crippen molar-refractivity contribution in [1.29, 1.82) is 0 Å². The van der Waals surface area contributed by atoms with Crippen molar-refractivity contribution >= 4 is 16.9 Å². The van der Waals surface area contributed by atoms with Crippen LogP contribution in [0.25, 0.3) is 11.0 Å². The van der Waals surface area contributed by atoms with Crippen LogP contribution in [-0.2, 0) is 4.74 Å². The SMILES string of the molecule is C=CCOc1ccc([C@@H]2c3c(oc4ccccc4c3=O)C(=O)N2CCN2CCOCC2)cc1. The average molecular weight is 447 g/mol. The number of para-hydroxylation sites is 1. The van der Waals surface area contributed by atoms with Gasteiger partial charge in [0.25, 0.3) is 5.91 Å². The third-order valence-corrected chi connectivity index (χ3v) is 6.20. The molecule has 0 spiro atoms. The summed E-state index contributed by atoms with van der Waals surface area (Å²) in [5.41, 5.74) is 1.51. The Kier molecular flexibility index (Phi) is 5.98. The van der Waals surface area contributed by atoms with E-state index < -0.39 is 6.04 Å². The number of hydrogen-bond donors (Lipinski definition) is 0. The number of amides is 1. The molecule has 1 amide bonds. The van der Waals surface area contributed by atoms with Crippen LogP contribution in [0.2, 0.25) is 0 Å². The molecule has 3 aromatic rings. The van der Waals surface area contributed by atoms with Crippen LogP contribution in [0.15, 0.2) is 70.4 Å². The predicted octanol–water partition coefficient (Wildman–Crippen LogP) is 3.24. The molecule has 0 aliphatic carbocycles. The molecule has 0 N–H and O–H groups in total. The monoisotopic (exact) mass is 446 g/mol. The maximum absolute atomic E-state index is 13.5. The van der Waals surface area contributed by atoms with E-state index in [0.29, 0.717) is 55.2 Å². The first-order valence-corrected chi connectivity index (χ1v) is 11.2. The van der Waals surface area contributed by atoms with E-state index in [1.54, 1.807) is 35.2 Å². The van der Waals surface area contributed by atoms with E-state index in [9.17, 15) is 9.59 Å². The predicted molar refractivity (Wildman–Crippen MR) is 125 cm³/mol. The maximum atomic E-state index is 13.5. The summed E-state index contributed by atoms with van der Waals surface area (Å²) in [6.45, 7) is 8.30. The molecule has 1 aromatic heterocycles. The summed E-state index contributed by atoms with van der Waals surface area (Å²) in [5.74, 6) is 0.587. The van der Waals surface area contributed by atoms with E-state index in [1.165, 1.54) is 0 Å². The number of hydrogen-bond acceptors (Lipinski definition) is 6. The number of carbonyl (C=O) groups excluding carboxylic acids is 1. The lowest BCUT2D eigenvalue weighted by atomic mass is 9.98. The quantitative estimate of drug-likeness (QED) is 0.519. The number of ether oxygens (including phenoxy) is 2. The van der Waals surface area contributed by atoms with Crippen LogP contribution in [0.3, 0.4) is 0 Å². The second-order valence-corrected chi connectivity index (χ2v) is 8.19. The summed E-state index contributed by atoms with van der Waals surface area (Å²) in [7, 11) is 0. The molecule has 5 rings (SSSR count). The second-order valence-electron chi connectivity index (χ2n) is 8.19. The topological polar surface area (TPSA) is 72.2 Å². The van der Waals surface area contributed by atoms with Crippen LogP contribution >= 0.6 is 0 Å². The van der Waals surface area contributed by atoms with Crippen LogP contribution in [0.5, 0.6) is 5.75 Å². The average Bonchev–Trinajstić information content (AvgIpc) is 3.14. The lowest BCUT2D eigenvalue weighted by molar-refractivity contribution is 0.0314. The highest BCUT2D eigenvalue weighted by atomic mass is 16.5. The fourth-order valence-corrected chi connectivity index (χ4v) is 4.52. The molecule has 0 bridgehead atoms. The number of benzene rings is 2. The Morgan fingerprint density at radius 3 is 2.55 bits per heavy atom. The number of carbonyl (C=O) groups is 1. The largest absolute Gasteiger partial charge is 0.490 e. The first kappa shape index (κ1) is 21.4. The summed E-state index contributed by atoms with van der Waals surface area (Å²) in [6.07, 6.45) is 1.68. The van der Waals surface area contributed by atoms with Crippen molar-refractivity contribution in [3.8, 4) is 5.75 Å². The summed E-state index contributed by atoms with van der Waals surface area (Å²) >= 11 is 0. The lowest BCUT2D eigenvalue weighted by Crippen LogP contribution is -2.42. The molecule has 1 saturated heterocycles. The van der Waals surface area contributed by atoms with Crippen molar-refractivity contribution in [3.05, 3.63) is 88.3 Å². The van der Waals surface area contributed by atoms with Gasteiger partial charge in [-0.1, -0.05) is 36.9 Å². The van der Waals surface area contributed by atoms with Gasteiger partial charge in [-0.05, 0) is 29.8 Å². The van der Waals surface area contributed by atoms with Gasteiger partial charge in [-0.25, -0.2) is 0 Å². The van der Waals surface area contributed by atoms with E-state index in [0.717, 1.165) is 18.7 Å². The Labute approximate surface area is 191 Å². The number of morpholine rings is 1. The molecule has 2 aliphatic rings. The summed E-state index contributed by atoms with van der Waals surface area (Å²) < 4.78 is 17.0. The van der Waals surface area contributed by atoms with Crippen molar-refractivity contribution < 1.29 is 18.7 Å². The lowest BCUT2D eigenvalue weighted by Gasteiger charge is -2.31. The zero-order valence-electron chi connectivity index (χ0n) is 18.4. The number of fused-ring (bicyclic) bond motifs is 2. The summed E-state index contributed by atoms with van der Waals surface area (Å²) in [4.78, 5) is 31.0. The highest BCUT2D eigenvalue weighted by Gasteiger charge is 2.42. The molecule has 7 nitrogen and oxygen atoms in total. The van der Waals surface area contributed by atoms with Gasteiger partial charge in [0.2, 0.25) is 5.76 Å². The molecule has 3 heterocycles. The van der Waals surface area contributed by atoms with E-state index in [2.05, 4.69) is 11.5 Å². The second kappa shape index (κ2) is 9.21.